The van der Waals surface area contributed by atoms with Crippen LogP contribution in [-0.4, -0.2) is 47.4 Å². The Morgan fingerprint density at radius 2 is 2.09 bits per heavy atom. The number of ether oxygens (including phenoxy) is 1. The van der Waals surface area contributed by atoms with Gasteiger partial charge in [-0.3, -0.25) is 14.5 Å². The Bertz CT molecular complexity index is 472. The maximum atomic E-state index is 11.0. The van der Waals surface area contributed by atoms with Gasteiger partial charge in [0.15, 0.2) is 5.96 Å². The fourth-order valence-corrected chi connectivity index (χ4v) is 1.92. The van der Waals surface area contributed by atoms with Gasteiger partial charge in [0.1, 0.15) is 12.2 Å². The molecule has 1 rings (SSSR count). The molecule has 0 aromatic carbocycles. The molecule has 22 heavy (non-hydrogen) atoms. The Labute approximate surface area is 131 Å². The molecule has 0 unspecified atom stereocenters. The molecule has 0 atom stereocenters. The highest BCUT2D eigenvalue weighted by molar-refractivity contribution is 5.79. The highest BCUT2D eigenvalue weighted by atomic mass is 16.5. The van der Waals surface area contributed by atoms with Crippen molar-refractivity contribution in [2.24, 2.45) is 12.0 Å². The lowest BCUT2D eigenvalue weighted by Crippen LogP contribution is -2.37. The lowest BCUT2D eigenvalue weighted by atomic mass is 10.1. The fourth-order valence-electron chi connectivity index (χ4n) is 1.92. The largest absolute Gasteiger partial charge is 0.469 e. The highest BCUT2D eigenvalue weighted by Crippen LogP contribution is 2.03. The molecule has 1 aromatic heterocycles. The van der Waals surface area contributed by atoms with Crippen LogP contribution in [-0.2, 0) is 23.1 Å². The zero-order chi connectivity index (χ0) is 16.2. The maximum Gasteiger partial charge on any atom is 0.305 e. The molecule has 0 amide bonds. The molecule has 0 aliphatic carbocycles. The van der Waals surface area contributed by atoms with Crippen LogP contribution in [0.5, 0.6) is 0 Å². The number of hydrogen-bond donors (Lipinski definition) is 2. The predicted molar refractivity (Wildman–Crippen MR) is 84.3 cm³/mol. The monoisotopic (exact) mass is 310 g/mol. The summed E-state index contributed by atoms with van der Waals surface area (Å²) >= 11 is 0. The van der Waals surface area contributed by atoms with E-state index < -0.39 is 0 Å². The minimum atomic E-state index is -0.133. The van der Waals surface area contributed by atoms with Gasteiger partial charge in [0.05, 0.1) is 13.7 Å². The van der Waals surface area contributed by atoms with Gasteiger partial charge in [-0.25, -0.2) is 4.98 Å². The van der Waals surface area contributed by atoms with E-state index in [9.17, 15) is 4.79 Å². The third-order valence-electron chi connectivity index (χ3n) is 3.27. The van der Waals surface area contributed by atoms with Gasteiger partial charge in [0, 0.05) is 27.1 Å². The predicted octanol–water partition coefficient (Wildman–Crippen LogP) is 0.604. The van der Waals surface area contributed by atoms with Crippen molar-refractivity contribution in [1.82, 2.24) is 25.4 Å². The van der Waals surface area contributed by atoms with Crippen LogP contribution in [0.3, 0.4) is 0 Å². The van der Waals surface area contributed by atoms with E-state index in [1.807, 2.05) is 7.05 Å². The van der Waals surface area contributed by atoms with Gasteiger partial charge in [-0.05, 0) is 12.8 Å². The Kier molecular flexibility index (Phi) is 8.63. The molecule has 0 aliphatic rings. The van der Waals surface area contributed by atoms with Crippen molar-refractivity contribution >= 4 is 11.9 Å². The summed E-state index contributed by atoms with van der Waals surface area (Å²) in [6.07, 6.45) is 6.05. The van der Waals surface area contributed by atoms with E-state index in [0.717, 1.165) is 44.0 Å². The first-order chi connectivity index (χ1) is 10.7. The summed E-state index contributed by atoms with van der Waals surface area (Å²) in [5, 5.41) is 10.5. The summed E-state index contributed by atoms with van der Waals surface area (Å²) in [6, 6.07) is 0. The van der Waals surface area contributed by atoms with Crippen LogP contribution in [0.25, 0.3) is 0 Å². The maximum absolute atomic E-state index is 11.0. The molecule has 8 heteroatoms. The molecule has 0 saturated heterocycles. The SMILES string of the molecule is CN=C(NCCCCCCC(=O)OC)NCc1ncnn1C. The number of hydrogen-bond acceptors (Lipinski definition) is 5. The highest BCUT2D eigenvalue weighted by Gasteiger charge is 2.02. The van der Waals surface area contributed by atoms with Crippen molar-refractivity contribution in [2.75, 3.05) is 20.7 Å². The Morgan fingerprint density at radius 3 is 2.73 bits per heavy atom. The van der Waals surface area contributed by atoms with Gasteiger partial charge in [0.2, 0.25) is 0 Å². The molecular formula is C14H26N6O2. The number of nitrogens with one attached hydrogen (secondary N) is 2. The molecule has 0 bridgehead atoms. The van der Waals surface area contributed by atoms with Crippen LogP contribution in [0, 0.1) is 0 Å². The lowest BCUT2D eigenvalue weighted by Gasteiger charge is -2.11. The number of rotatable bonds is 9. The summed E-state index contributed by atoms with van der Waals surface area (Å²) < 4.78 is 6.33. The zero-order valence-corrected chi connectivity index (χ0v) is 13.6. The summed E-state index contributed by atoms with van der Waals surface area (Å²) in [7, 11) is 5.02. The minimum Gasteiger partial charge on any atom is -0.469 e. The van der Waals surface area contributed by atoms with E-state index in [2.05, 4.69) is 30.4 Å². The smallest absolute Gasteiger partial charge is 0.305 e. The lowest BCUT2D eigenvalue weighted by molar-refractivity contribution is -0.140. The average molecular weight is 310 g/mol. The second kappa shape index (κ2) is 10.6. The van der Waals surface area contributed by atoms with Crippen LogP contribution in [0.1, 0.15) is 37.9 Å². The van der Waals surface area contributed by atoms with Crippen molar-refractivity contribution in [2.45, 2.75) is 38.6 Å². The van der Waals surface area contributed by atoms with Crippen LogP contribution in [0.15, 0.2) is 11.3 Å². The van der Waals surface area contributed by atoms with Crippen molar-refractivity contribution in [1.29, 1.82) is 0 Å². The molecule has 2 N–H and O–H groups in total. The molecule has 124 valence electrons. The van der Waals surface area contributed by atoms with Crippen LogP contribution >= 0.6 is 0 Å². The topological polar surface area (TPSA) is 93.4 Å². The molecule has 0 fully saturated rings. The van der Waals surface area contributed by atoms with Gasteiger partial charge >= 0.3 is 5.97 Å². The zero-order valence-electron chi connectivity index (χ0n) is 13.6. The van der Waals surface area contributed by atoms with Crippen molar-refractivity contribution < 1.29 is 9.53 Å². The number of methoxy groups -OCH3 is 1. The van der Waals surface area contributed by atoms with E-state index in [4.69, 9.17) is 0 Å². The second-order valence-corrected chi connectivity index (χ2v) is 4.89. The van der Waals surface area contributed by atoms with Crippen molar-refractivity contribution in [3.05, 3.63) is 12.2 Å². The summed E-state index contributed by atoms with van der Waals surface area (Å²) in [5.41, 5.74) is 0. The van der Waals surface area contributed by atoms with E-state index in [1.54, 1.807) is 11.7 Å². The van der Waals surface area contributed by atoms with Gasteiger partial charge in [-0.1, -0.05) is 12.8 Å². The number of unbranched alkanes of at least 4 members (excludes halogenated alkanes) is 3. The number of carbonyl (C=O) groups excluding carboxylic acids is 1. The number of esters is 1. The first kappa shape index (κ1) is 17.9. The normalized spacial score (nSPS) is 11.3. The fraction of sp³-hybridized carbons (Fsp3) is 0.714. The minimum absolute atomic E-state index is 0.133. The van der Waals surface area contributed by atoms with Crippen LogP contribution in [0.2, 0.25) is 0 Å². The second-order valence-electron chi connectivity index (χ2n) is 4.89. The Morgan fingerprint density at radius 1 is 1.32 bits per heavy atom. The molecule has 1 heterocycles. The third-order valence-corrected chi connectivity index (χ3v) is 3.27. The molecule has 8 nitrogen and oxygen atoms in total. The van der Waals surface area contributed by atoms with Gasteiger partial charge in [0.25, 0.3) is 0 Å². The van der Waals surface area contributed by atoms with Gasteiger partial charge < -0.3 is 15.4 Å². The van der Waals surface area contributed by atoms with Crippen molar-refractivity contribution in [3.63, 3.8) is 0 Å². The molecule has 0 saturated carbocycles. The summed E-state index contributed by atoms with van der Waals surface area (Å²) in [4.78, 5) is 19.3. The Hall–Kier alpha value is -2.12. The molecular weight excluding hydrogens is 284 g/mol. The number of aryl methyl sites for hydroxylation is 1. The van der Waals surface area contributed by atoms with E-state index in [0.29, 0.717) is 13.0 Å². The molecule has 0 aliphatic heterocycles. The average Bonchev–Trinajstić information content (AvgIpc) is 2.94. The van der Waals surface area contributed by atoms with Crippen LogP contribution < -0.4 is 10.6 Å². The number of aromatic nitrogens is 3. The van der Waals surface area contributed by atoms with Crippen LogP contribution in [0.4, 0.5) is 0 Å². The first-order valence-corrected chi connectivity index (χ1v) is 7.51. The first-order valence-electron chi connectivity index (χ1n) is 7.51. The third kappa shape index (κ3) is 7.05. The summed E-state index contributed by atoms with van der Waals surface area (Å²) in [5.74, 6) is 1.47. The number of nitrogens with zero attached hydrogens (tertiary/aromatic N) is 4. The van der Waals surface area contributed by atoms with Crippen molar-refractivity contribution in [3.8, 4) is 0 Å². The van der Waals surface area contributed by atoms with Gasteiger partial charge in [-0.15, -0.1) is 0 Å². The number of carbonyl (C=O) groups is 1. The van der Waals surface area contributed by atoms with E-state index in [-0.39, 0.29) is 5.97 Å². The summed E-state index contributed by atoms with van der Waals surface area (Å²) in [6.45, 7) is 1.42. The molecule has 1 aromatic rings. The number of aliphatic imine (C=N–C) groups is 1. The van der Waals surface area contributed by atoms with E-state index >= 15 is 0 Å². The van der Waals surface area contributed by atoms with E-state index in [1.165, 1.54) is 13.4 Å². The standard InChI is InChI=1S/C14H26N6O2/c1-15-14(17-10-12-18-11-19-20(12)2)16-9-7-5-4-6-8-13(21)22-3/h11H,4-10H2,1-3H3,(H2,15,16,17). The number of guanidine groups is 1. The molecule has 0 spiro atoms. The molecule has 0 radical (unpaired) electrons. The Balaban J connectivity index is 2.07. The quantitative estimate of drug-likeness (QED) is 0.300. The van der Waals surface area contributed by atoms with Gasteiger partial charge in [-0.2, -0.15) is 5.10 Å².